The van der Waals surface area contributed by atoms with Gasteiger partial charge in [-0.2, -0.15) is 0 Å². The standard InChI is InChI=1S/C59H39N3O/c1-6-20-40(21-7-1)55-60-56(62-57(61-55)42-34-36-49-48-31-17-19-33-53(48)63-54(49)39-42)41-35-37-52-50(38-41)47-30-16-18-32-51(47)58(43-22-8-2-9-23-43,44-24-10-3-11-25-44)59(52,45-26-12-4-13-27-45)46-28-14-5-15-29-46/h1-39H. The zero-order chi connectivity index (χ0) is 41.8. The summed E-state index contributed by atoms with van der Waals surface area (Å²) in [5.41, 5.74) is 12.4. The van der Waals surface area contributed by atoms with Crippen molar-refractivity contribution in [2.24, 2.45) is 0 Å². The van der Waals surface area contributed by atoms with Crippen LogP contribution in [0.5, 0.6) is 0 Å². The maximum absolute atomic E-state index is 6.34. The van der Waals surface area contributed by atoms with Crippen molar-refractivity contribution >= 4 is 21.9 Å². The van der Waals surface area contributed by atoms with Gasteiger partial charge in [-0.25, -0.2) is 15.0 Å². The van der Waals surface area contributed by atoms with E-state index < -0.39 is 10.8 Å². The molecule has 63 heavy (non-hydrogen) atoms. The van der Waals surface area contributed by atoms with Crippen molar-refractivity contribution in [3.8, 4) is 45.3 Å². The van der Waals surface area contributed by atoms with Crippen LogP contribution in [0.1, 0.15) is 33.4 Å². The number of nitrogens with zero attached hydrogens (tertiary/aromatic N) is 3. The van der Waals surface area contributed by atoms with E-state index in [1.54, 1.807) is 0 Å². The molecule has 0 saturated heterocycles. The number of furan rings is 1. The predicted octanol–water partition coefficient (Wildman–Crippen LogP) is 14.1. The van der Waals surface area contributed by atoms with Gasteiger partial charge in [0, 0.05) is 27.5 Å². The highest BCUT2D eigenvalue weighted by atomic mass is 16.3. The minimum absolute atomic E-state index is 0.578. The molecule has 0 fully saturated rings. The summed E-state index contributed by atoms with van der Waals surface area (Å²) < 4.78 is 6.34. The van der Waals surface area contributed by atoms with Crippen LogP contribution >= 0.6 is 0 Å². The topological polar surface area (TPSA) is 51.8 Å². The highest BCUT2D eigenvalue weighted by Crippen LogP contribution is 2.65. The zero-order valence-electron chi connectivity index (χ0n) is 34.3. The van der Waals surface area contributed by atoms with Crippen molar-refractivity contribution in [3.05, 3.63) is 270 Å². The molecule has 1 aliphatic rings. The second-order valence-corrected chi connectivity index (χ2v) is 16.3. The number of fused-ring (bicyclic) bond motifs is 6. The number of rotatable bonds is 7. The van der Waals surface area contributed by atoms with Gasteiger partial charge in [-0.3, -0.25) is 0 Å². The maximum Gasteiger partial charge on any atom is 0.164 e. The molecule has 0 radical (unpaired) electrons. The first-order valence-corrected chi connectivity index (χ1v) is 21.4. The molecule has 0 amide bonds. The molecule has 12 rings (SSSR count). The van der Waals surface area contributed by atoms with Crippen LogP contribution in [0, 0.1) is 0 Å². The summed E-state index contributed by atoms with van der Waals surface area (Å²) in [5, 5.41) is 2.14. The van der Waals surface area contributed by atoms with E-state index in [9.17, 15) is 0 Å². The Balaban J connectivity index is 1.16. The lowest BCUT2D eigenvalue weighted by Gasteiger charge is -2.57. The first-order valence-electron chi connectivity index (χ1n) is 21.4. The fourth-order valence-corrected chi connectivity index (χ4v) is 10.5. The quantitative estimate of drug-likeness (QED) is 0.161. The van der Waals surface area contributed by atoms with E-state index in [1.807, 2.05) is 42.5 Å². The summed E-state index contributed by atoms with van der Waals surface area (Å²) in [7, 11) is 0. The molecular weight excluding hydrogens is 767 g/mol. The minimum Gasteiger partial charge on any atom is -0.456 e. The van der Waals surface area contributed by atoms with E-state index in [0.29, 0.717) is 17.5 Å². The van der Waals surface area contributed by atoms with Crippen molar-refractivity contribution in [1.29, 1.82) is 0 Å². The molecule has 1 aliphatic carbocycles. The lowest BCUT2D eigenvalue weighted by Crippen LogP contribution is -2.54. The van der Waals surface area contributed by atoms with Gasteiger partial charge in [0.05, 0.1) is 10.8 Å². The Bertz CT molecular complexity index is 3360. The fourth-order valence-electron chi connectivity index (χ4n) is 10.5. The Morgan fingerprint density at radius 2 is 0.698 bits per heavy atom. The lowest BCUT2D eigenvalue weighted by atomic mass is 9.43. The first-order chi connectivity index (χ1) is 31.2. The highest BCUT2D eigenvalue weighted by Gasteiger charge is 2.61. The molecule has 296 valence electrons. The van der Waals surface area contributed by atoms with Crippen molar-refractivity contribution in [2.75, 3.05) is 0 Å². The van der Waals surface area contributed by atoms with Gasteiger partial charge in [0.2, 0.25) is 0 Å². The Labute approximate surface area is 365 Å². The van der Waals surface area contributed by atoms with E-state index in [0.717, 1.165) is 49.8 Å². The molecule has 0 atom stereocenters. The van der Waals surface area contributed by atoms with Gasteiger partial charge in [-0.15, -0.1) is 0 Å². The van der Waals surface area contributed by atoms with Crippen LogP contribution in [0.2, 0.25) is 0 Å². The first kappa shape index (κ1) is 36.6. The van der Waals surface area contributed by atoms with Crippen molar-refractivity contribution in [2.45, 2.75) is 10.8 Å². The zero-order valence-corrected chi connectivity index (χ0v) is 34.3. The van der Waals surface area contributed by atoms with E-state index in [4.69, 9.17) is 19.4 Å². The van der Waals surface area contributed by atoms with Crippen LogP contribution in [0.4, 0.5) is 0 Å². The van der Waals surface area contributed by atoms with Gasteiger partial charge >= 0.3 is 0 Å². The molecule has 2 heterocycles. The van der Waals surface area contributed by atoms with Crippen LogP contribution in [-0.4, -0.2) is 15.0 Å². The number of hydrogen-bond acceptors (Lipinski definition) is 4. The van der Waals surface area contributed by atoms with Crippen LogP contribution in [0.25, 0.3) is 67.2 Å². The summed E-state index contributed by atoms with van der Waals surface area (Å²) in [5.74, 6) is 1.78. The number of para-hydroxylation sites is 1. The Kier molecular flexibility index (Phi) is 8.58. The highest BCUT2D eigenvalue weighted by molar-refractivity contribution is 6.05. The largest absolute Gasteiger partial charge is 0.456 e. The molecule has 0 unspecified atom stereocenters. The fraction of sp³-hybridized carbons (Fsp3) is 0.0339. The minimum atomic E-state index is -0.748. The number of benzene rings is 9. The Hall–Kier alpha value is -8.21. The summed E-state index contributed by atoms with van der Waals surface area (Å²) in [6, 6.07) is 84.7. The molecule has 0 aliphatic heterocycles. The molecule has 4 heteroatoms. The third-order valence-corrected chi connectivity index (χ3v) is 13.0. The van der Waals surface area contributed by atoms with Crippen molar-refractivity contribution in [3.63, 3.8) is 0 Å². The predicted molar refractivity (Wildman–Crippen MR) is 254 cm³/mol. The monoisotopic (exact) mass is 805 g/mol. The van der Waals surface area contributed by atoms with Crippen LogP contribution in [0.3, 0.4) is 0 Å². The smallest absolute Gasteiger partial charge is 0.164 e. The van der Waals surface area contributed by atoms with Crippen LogP contribution in [0.15, 0.2) is 241 Å². The third-order valence-electron chi connectivity index (χ3n) is 13.0. The average molecular weight is 806 g/mol. The molecule has 2 aromatic heterocycles. The van der Waals surface area contributed by atoms with Crippen molar-refractivity contribution in [1.82, 2.24) is 15.0 Å². The molecular formula is C59H39N3O. The molecule has 11 aromatic rings. The van der Waals surface area contributed by atoms with Crippen LogP contribution < -0.4 is 0 Å². The molecule has 0 spiro atoms. The summed E-state index contributed by atoms with van der Waals surface area (Å²) in [4.78, 5) is 15.6. The summed E-state index contributed by atoms with van der Waals surface area (Å²) in [6.45, 7) is 0. The second-order valence-electron chi connectivity index (χ2n) is 16.3. The third kappa shape index (κ3) is 5.58. The van der Waals surface area contributed by atoms with E-state index in [-0.39, 0.29) is 0 Å². The van der Waals surface area contributed by atoms with E-state index >= 15 is 0 Å². The molecule has 0 bridgehead atoms. The lowest BCUT2D eigenvalue weighted by molar-refractivity contribution is 0.415. The van der Waals surface area contributed by atoms with Crippen LogP contribution in [-0.2, 0) is 10.8 Å². The Morgan fingerprint density at radius 3 is 1.27 bits per heavy atom. The molecule has 0 saturated carbocycles. The summed E-state index contributed by atoms with van der Waals surface area (Å²) in [6.07, 6.45) is 0. The molecule has 4 nitrogen and oxygen atoms in total. The normalized spacial score (nSPS) is 13.7. The van der Waals surface area contributed by atoms with Gasteiger partial charge in [0.25, 0.3) is 0 Å². The van der Waals surface area contributed by atoms with Crippen molar-refractivity contribution < 1.29 is 4.42 Å². The van der Waals surface area contributed by atoms with E-state index in [1.165, 1.54) is 33.4 Å². The Morgan fingerprint density at radius 1 is 0.286 bits per heavy atom. The van der Waals surface area contributed by atoms with Gasteiger partial charge in [-0.1, -0.05) is 212 Å². The van der Waals surface area contributed by atoms with Gasteiger partial charge in [0.15, 0.2) is 17.5 Å². The summed E-state index contributed by atoms with van der Waals surface area (Å²) >= 11 is 0. The molecule has 9 aromatic carbocycles. The second kappa shape index (κ2) is 14.8. The van der Waals surface area contributed by atoms with E-state index in [2.05, 4.69) is 194 Å². The molecule has 0 N–H and O–H groups in total. The number of hydrogen-bond donors (Lipinski definition) is 0. The van der Waals surface area contributed by atoms with Gasteiger partial charge in [0.1, 0.15) is 11.2 Å². The van der Waals surface area contributed by atoms with Gasteiger partial charge < -0.3 is 4.42 Å². The number of aromatic nitrogens is 3. The maximum atomic E-state index is 6.34. The van der Waals surface area contributed by atoms with Gasteiger partial charge in [-0.05, 0) is 68.8 Å². The SMILES string of the molecule is c1ccc(-c2nc(-c3ccc4c(c3)-c3ccccc3C(c3ccccc3)(c3ccccc3)C4(c3ccccc3)c3ccccc3)nc(-c3ccc4c(c3)oc3ccccc34)n2)cc1. The average Bonchev–Trinajstić information content (AvgIpc) is 3.75.